The molecule has 0 radical (unpaired) electrons. The van der Waals surface area contributed by atoms with Gasteiger partial charge in [0.25, 0.3) is 5.91 Å². The monoisotopic (exact) mass is 337 g/mol. The molecule has 6 nitrogen and oxygen atoms in total. The molecule has 4 rings (SSSR count). The van der Waals surface area contributed by atoms with Crippen molar-refractivity contribution in [3.63, 3.8) is 0 Å². The van der Waals surface area contributed by atoms with E-state index in [1.807, 2.05) is 43.3 Å². The van der Waals surface area contributed by atoms with Crippen molar-refractivity contribution in [2.45, 2.75) is 26.5 Å². The molecule has 6 heteroatoms. The van der Waals surface area contributed by atoms with Crippen molar-refractivity contribution in [3.05, 3.63) is 59.3 Å². The highest BCUT2D eigenvalue weighted by atomic mass is 16.5. The third kappa shape index (κ3) is 3.33. The first kappa shape index (κ1) is 15.6. The van der Waals surface area contributed by atoms with Crippen LogP contribution in [0.4, 0.5) is 0 Å². The fraction of sp³-hybridized carbons (Fsp3) is 0.316. The van der Waals surface area contributed by atoms with Gasteiger partial charge in [0.1, 0.15) is 17.2 Å². The zero-order valence-electron chi connectivity index (χ0n) is 14.1. The smallest absolute Gasteiger partial charge is 0.272 e. The van der Waals surface area contributed by atoms with Gasteiger partial charge < -0.3 is 14.1 Å². The van der Waals surface area contributed by atoms with Crippen LogP contribution in [0, 0.1) is 0 Å². The molecule has 0 spiro atoms. The standard InChI is InChI=1S/C19H19N3O3/c1-13-9-16(20-10-13)19(23)22-8-7-15-17(11-22)25-18(21-15)12-24-14-5-3-2-4-6-14/h2-6,9H,7-8,10-12H2,1H3. The number of benzene rings is 1. The second kappa shape index (κ2) is 6.55. The van der Waals surface area contributed by atoms with Gasteiger partial charge in [-0.05, 0) is 30.7 Å². The molecule has 0 atom stereocenters. The van der Waals surface area contributed by atoms with Gasteiger partial charge in [0.2, 0.25) is 5.89 Å². The minimum Gasteiger partial charge on any atom is -0.484 e. The van der Waals surface area contributed by atoms with Gasteiger partial charge in [-0.2, -0.15) is 0 Å². The molecule has 0 aliphatic carbocycles. The molecule has 0 N–H and O–H groups in total. The van der Waals surface area contributed by atoms with E-state index in [0.29, 0.717) is 37.7 Å². The lowest BCUT2D eigenvalue weighted by atomic mass is 10.1. The summed E-state index contributed by atoms with van der Waals surface area (Å²) in [7, 11) is 0. The average Bonchev–Trinajstić information content (AvgIpc) is 3.25. The molecule has 2 aromatic rings. The minimum absolute atomic E-state index is 0.0408. The highest BCUT2D eigenvalue weighted by Gasteiger charge is 2.28. The minimum atomic E-state index is -0.0408. The topological polar surface area (TPSA) is 67.9 Å². The lowest BCUT2D eigenvalue weighted by Crippen LogP contribution is -2.39. The zero-order valence-corrected chi connectivity index (χ0v) is 14.1. The highest BCUT2D eigenvalue weighted by molar-refractivity contribution is 6.44. The first-order chi connectivity index (χ1) is 12.2. The first-order valence-electron chi connectivity index (χ1n) is 8.35. The maximum Gasteiger partial charge on any atom is 0.272 e. The van der Waals surface area contributed by atoms with Crippen molar-refractivity contribution in [2.24, 2.45) is 4.99 Å². The van der Waals surface area contributed by atoms with E-state index in [1.165, 1.54) is 0 Å². The van der Waals surface area contributed by atoms with Crippen molar-refractivity contribution in [2.75, 3.05) is 13.1 Å². The fourth-order valence-electron chi connectivity index (χ4n) is 2.97. The SMILES string of the molecule is CC1=CC(C(=O)N2CCc3nc(COc4ccccc4)oc3C2)=NC1. The summed E-state index contributed by atoms with van der Waals surface area (Å²) in [6, 6.07) is 9.55. The van der Waals surface area contributed by atoms with Crippen LogP contribution in [0.3, 0.4) is 0 Å². The number of aliphatic imine (C=N–C) groups is 1. The maximum absolute atomic E-state index is 12.5. The van der Waals surface area contributed by atoms with Crippen LogP contribution in [-0.4, -0.2) is 34.6 Å². The predicted octanol–water partition coefficient (Wildman–Crippen LogP) is 2.54. The van der Waals surface area contributed by atoms with Crippen LogP contribution in [0.25, 0.3) is 0 Å². The van der Waals surface area contributed by atoms with Gasteiger partial charge in [0.15, 0.2) is 6.61 Å². The lowest BCUT2D eigenvalue weighted by molar-refractivity contribution is -0.125. The van der Waals surface area contributed by atoms with Crippen LogP contribution in [-0.2, 0) is 24.4 Å². The van der Waals surface area contributed by atoms with E-state index in [9.17, 15) is 4.79 Å². The highest BCUT2D eigenvalue weighted by Crippen LogP contribution is 2.22. The molecular weight excluding hydrogens is 318 g/mol. The van der Waals surface area contributed by atoms with E-state index in [4.69, 9.17) is 9.15 Å². The first-order valence-corrected chi connectivity index (χ1v) is 8.35. The van der Waals surface area contributed by atoms with E-state index in [0.717, 1.165) is 22.8 Å². The Morgan fingerprint density at radius 2 is 2.16 bits per heavy atom. The van der Waals surface area contributed by atoms with E-state index in [2.05, 4.69) is 9.98 Å². The summed E-state index contributed by atoms with van der Waals surface area (Å²) in [5, 5.41) is 0. The number of hydrogen-bond donors (Lipinski definition) is 0. The van der Waals surface area contributed by atoms with Crippen LogP contribution in [0.2, 0.25) is 0 Å². The normalized spacial score (nSPS) is 16.3. The number of amides is 1. The summed E-state index contributed by atoms with van der Waals surface area (Å²) in [6.45, 7) is 3.93. The van der Waals surface area contributed by atoms with Crippen LogP contribution in [0.5, 0.6) is 5.75 Å². The third-order valence-electron chi connectivity index (χ3n) is 4.27. The number of carbonyl (C=O) groups is 1. The Hall–Kier alpha value is -2.89. The average molecular weight is 337 g/mol. The van der Waals surface area contributed by atoms with Crippen LogP contribution in [0.15, 0.2) is 51.4 Å². The molecule has 0 saturated carbocycles. The van der Waals surface area contributed by atoms with Gasteiger partial charge in [-0.3, -0.25) is 9.79 Å². The predicted molar refractivity (Wildman–Crippen MR) is 92.5 cm³/mol. The van der Waals surface area contributed by atoms with Gasteiger partial charge in [-0.15, -0.1) is 0 Å². The van der Waals surface area contributed by atoms with Crippen LogP contribution in [0.1, 0.15) is 24.3 Å². The number of ether oxygens (including phenoxy) is 1. The number of oxazole rings is 1. The molecule has 0 saturated heterocycles. The molecule has 0 bridgehead atoms. The molecular formula is C19H19N3O3. The van der Waals surface area contributed by atoms with E-state index >= 15 is 0 Å². The molecule has 25 heavy (non-hydrogen) atoms. The summed E-state index contributed by atoms with van der Waals surface area (Å²) < 4.78 is 11.5. The molecule has 1 amide bonds. The summed E-state index contributed by atoms with van der Waals surface area (Å²) in [6.07, 6.45) is 2.54. The van der Waals surface area contributed by atoms with Crippen LogP contribution >= 0.6 is 0 Å². The molecule has 0 fully saturated rings. The fourth-order valence-corrected chi connectivity index (χ4v) is 2.97. The van der Waals surface area contributed by atoms with E-state index in [-0.39, 0.29) is 12.5 Å². The lowest BCUT2D eigenvalue weighted by Gasteiger charge is -2.24. The van der Waals surface area contributed by atoms with Gasteiger partial charge >= 0.3 is 0 Å². The summed E-state index contributed by atoms with van der Waals surface area (Å²) in [5.74, 6) is 2.01. The Morgan fingerprint density at radius 3 is 2.92 bits per heavy atom. The van der Waals surface area contributed by atoms with Crippen molar-refractivity contribution in [1.29, 1.82) is 0 Å². The summed E-state index contributed by atoms with van der Waals surface area (Å²) in [5.41, 5.74) is 2.56. The van der Waals surface area contributed by atoms with Crippen LogP contribution < -0.4 is 4.74 Å². The molecule has 0 unspecified atom stereocenters. The number of fused-ring (bicyclic) bond motifs is 1. The Balaban J connectivity index is 1.42. The number of rotatable bonds is 4. The quantitative estimate of drug-likeness (QED) is 0.860. The third-order valence-corrected chi connectivity index (χ3v) is 4.27. The molecule has 1 aromatic heterocycles. The Kier molecular flexibility index (Phi) is 4.09. The van der Waals surface area contributed by atoms with Crippen molar-refractivity contribution in [3.8, 4) is 5.75 Å². The van der Waals surface area contributed by atoms with Gasteiger partial charge in [-0.1, -0.05) is 18.2 Å². The van der Waals surface area contributed by atoms with Gasteiger partial charge in [0.05, 0.1) is 18.8 Å². The summed E-state index contributed by atoms with van der Waals surface area (Å²) in [4.78, 5) is 23.1. The maximum atomic E-state index is 12.5. The van der Waals surface area contributed by atoms with Gasteiger partial charge in [0, 0.05) is 13.0 Å². The van der Waals surface area contributed by atoms with Crippen molar-refractivity contribution < 1.29 is 13.9 Å². The second-order valence-corrected chi connectivity index (χ2v) is 6.25. The van der Waals surface area contributed by atoms with E-state index in [1.54, 1.807) is 4.90 Å². The van der Waals surface area contributed by atoms with Crippen molar-refractivity contribution in [1.82, 2.24) is 9.88 Å². The number of carbonyl (C=O) groups excluding carboxylic acids is 1. The Morgan fingerprint density at radius 1 is 1.32 bits per heavy atom. The van der Waals surface area contributed by atoms with Crippen molar-refractivity contribution >= 4 is 11.6 Å². The Labute approximate surface area is 145 Å². The van der Waals surface area contributed by atoms with Gasteiger partial charge in [-0.25, -0.2) is 4.98 Å². The number of aromatic nitrogens is 1. The molecule has 1 aromatic carbocycles. The molecule has 128 valence electrons. The zero-order chi connectivity index (χ0) is 17.2. The number of hydrogen-bond acceptors (Lipinski definition) is 5. The molecule has 3 heterocycles. The largest absolute Gasteiger partial charge is 0.484 e. The second-order valence-electron chi connectivity index (χ2n) is 6.25. The molecule has 2 aliphatic rings. The Bertz CT molecular complexity index is 852. The molecule has 2 aliphatic heterocycles. The number of para-hydroxylation sites is 1. The number of nitrogens with zero attached hydrogens (tertiary/aromatic N) is 3. The summed E-state index contributed by atoms with van der Waals surface area (Å²) >= 11 is 0. The van der Waals surface area contributed by atoms with E-state index < -0.39 is 0 Å².